The Kier molecular flexibility index (Phi) is 2.16. The average Bonchev–Trinajstić information content (AvgIpc) is 2.23. The molecule has 0 aromatic rings. The number of likely N-dealkylation sites (tertiary alicyclic amines) is 1. The fourth-order valence-electron chi connectivity index (χ4n) is 2.87. The summed E-state index contributed by atoms with van der Waals surface area (Å²) in [5, 5.41) is 0. The molecule has 2 heterocycles. The average molecular weight is 183 g/mol. The van der Waals surface area contributed by atoms with Gasteiger partial charge in [0.05, 0.1) is 11.7 Å². The van der Waals surface area contributed by atoms with Crippen molar-refractivity contribution in [2.75, 3.05) is 6.54 Å². The predicted molar refractivity (Wildman–Crippen MR) is 53.8 cm³/mol. The van der Waals surface area contributed by atoms with Gasteiger partial charge in [0.2, 0.25) is 0 Å². The second kappa shape index (κ2) is 2.96. The Morgan fingerprint density at radius 2 is 2.08 bits per heavy atom. The number of piperidine rings is 1. The molecule has 0 radical (unpaired) electrons. The van der Waals surface area contributed by atoms with E-state index in [0.29, 0.717) is 18.2 Å². The Hall–Kier alpha value is -0.0800. The Bertz CT molecular complexity index is 200. The van der Waals surface area contributed by atoms with Crippen molar-refractivity contribution >= 4 is 0 Å². The normalized spacial score (nSPS) is 38.5. The quantitative estimate of drug-likeness (QED) is 0.617. The molecule has 2 bridgehead atoms. The molecule has 76 valence electrons. The zero-order valence-corrected chi connectivity index (χ0v) is 9.21. The number of ether oxygens (including phenoxy) is 1. The van der Waals surface area contributed by atoms with E-state index in [1.165, 1.54) is 19.4 Å². The SMILES string of the molecule is CC(C)N1CCC2CC1C(C)(C)O2. The maximum atomic E-state index is 6.01. The van der Waals surface area contributed by atoms with Gasteiger partial charge in [-0.2, -0.15) is 0 Å². The van der Waals surface area contributed by atoms with Crippen LogP contribution in [0.4, 0.5) is 0 Å². The summed E-state index contributed by atoms with van der Waals surface area (Å²) in [6, 6.07) is 1.30. The molecule has 2 fully saturated rings. The summed E-state index contributed by atoms with van der Waals surface area (Å²) < 4.78 is 6.01. The molecule has 2 nitrogen and oxygen atoms in total. The molecule has 0 spiro atoms. The summed E-state index contributed by atoms with van der Waals surface area (Å²) in [5.41, 5.74) is 0.0748. The van der Waals surface area contributed by atoms with Gasteiger partial charge >= 0.3 is 0 Å². The molecule has 2 aliphatic rings. The van der Waals surface area contributed by atoms with Crippen molar-refractivity contribution in [2.24, 2.45) is 0 Å². The van der Waals surface area contributed by atoms with E-state index in [1.807, 2.05) is 0 Å². The van der Waals surface area contributed by atoms with Gasteiger partial charge in [-0.15, -0.1) is 0 Å². The number of hydrogen-bond acceptors (Lipinski definition) is 2. The van der Waals surface area contributed by atoms with Crippen molar-refractivity contribution < 1.29 is 4.74 Å². The zero-order chi connectivity index (χ0) is 9.64. The molecular weight excluding hydrogens is 162 g/mol. The van der Waals surface area contributed by atoms with Gasteiger partial charge in [-0.05, 0) is 40.5 Å². The van der Waals surface area contributed by atoms with Crippen molar-refractivity contribution in [1.29, 1.82) is 0 Å². The van der Waals surface area contributed by atoms with E-state index in [4.69, 9.17) is 4.74 Å². The molecule has 2 heteroatoms. The summed E-state index contributed by atoms with van der Waals surface area (Å²) in [6.45, 7) is 10.3. The molecule has 0 aromatic heterocycles. The molecule has 0 saturated carbocycles. The third-order valence-electron chi connectivity index (χ3n) is 3.53. The van der Waals surface area contributed by atoms with Gasteiger partial charge in [-0.1, -0.05) is 0 Å². The van der Waals surface area contributed by atoms with Crippen LogP contribution in [0.5, 0.6) is 0 Å². The third kappa shape index (κ3) is 1.50. The van der Waals surface area contributed by atoms with Crippen LogP contribution in [0.3, 0.4) is 0 Å². The van der Waals surface area contributed by atoms with Gasteiger partial charge in [-0.25, -0.2) is 0 Å². The van der Waals surface area contributed by atoms with E-state index < -0.39 is 0 Å². The highest BCUT2D eigenvalue weighted by molar-refractivity contribution is 5.00. The summed E-state index contributed by atoms with van der Waals surface area (Å²) in [6.07, 6.45) is 3.00. The van der Waals surface area contributed by atoms with Crippen molar-refractivity contribution in [3.63, 3.8) is 0 Å². The molecule has 13 heavy (non-hydrogen) atoms. The van der Waals surface area contributed by atoms with E-state index in [-0.39, 0.29) is 5.60 Å². The lowest BCUT2D eigenvalue weighted by Gasteiger charge is -2.39. The minimum absolute atomic E-state index is 0.0748. The Morgan fingerprint density at radius 1 is 1.38 bits per heavy atom. The monoisotopic (exact) mass is 183 g/mol. The largest absolute Gasteiger partial charge is 0.371 e. The smallest absolute Gasteiger partial charge is 0.0785 e. The predicted octanol–water partition coefficient (Wildman–Crippen LogP) is 2.04. The molecule has 0 aromatic carbocycles. The summed E-state index contributed by atoms with van der Waals surface area (Å²) >= 11 is 0. The van der Waals surface area contributed by atoms with E-state index in [9.17, 15) is 0 Å². The molecule has 0 amide bonds. The van der Waals surface area contributed by atoms with Crippen LogP contribution in [0.1, 0.15) is 40.5 Å². The molecule has 0 N–H and O–H groups in total. The van der Waals surface area contributed by atoms with Crippen LogP contribution >= 0.6 is 0 Å². The first-order valence-electron chi connectivity index (χ1n) is 5.44. The van der Waals surface area contributed by atoms with Crippen molar-refractivity contribution in [3.05, 3.63) is 0 Å². The van der Waals surface area contributed by atoms with Crippen LogP contribution in [-0.2, 0) is 4.74 Å². The van der Waals surface area contributed by atoms with Crippen molar-refractivity contribution in [1.82, 2.24) is 4.90 Å². The van der Waals surface area contributed by atoms with Crippen LogP contribution in [0, 0.1) is 0 Å². The maximum absolute atomic E-state index is 6.01. The number of hydrogen-bond donors (Lipinski definition) is 0. The van der Waals surface area contributed by atoms with E-state index in [0.717, 1.165) is 0 Å². The molecule has 2 saturated heterocycles. The first-order valence-corrected chi connectivity index (χ1v) is 5.44. The number of nitrogens with zero attached hydrogens (tertiary/aromatic N) is 1. The van der Waals surface area contributed by atoms with Crippen LogP contribution in [-0.4, -0.2) is 35.2 Å². The lowest BCUT2D eigenvalue weighted by Crippen LogP contribution is -2.50. The topological polar surface area (TPSA) is 12.5 Å². The van der Waals surface area contributed by atoms with Crippen LogP contribution in [0.2, 0.25) is 0 Å². The first kappa shape index (κ1) is 9.47. The summed E-state index contributed by atoms with van der Waals surface area (Å²) in [5.74, 6) is 0. The second-order valence-electron chi connectivity index (χ2n) is 5.22. The molecule has 2 unspecified atom stereocenters. The van der Waals surface area contributed by atoms with Crippen molar-refractivity contribution in [3.8, 4) is 0 Å². The molecule has 2 rings (SSSR count). The van der Waals surface area contributed by atoms with Gasteiger partial charge in [0.15, 0.2) is 0 Å². The first-order chi connectivity index (χ1) is 6.00. The van der Waals surface area contributed by atoms with Crippen LogP contribution in [0.25, 0.3) is 0 Å². The molecule has 2 aliphatic heterocycles. The second-order valence-corrected chi connectivity index (χ2v) is 5.22. The minimum Gasteiger partial charge on any atom is -0.371 e. The number of rotatable bonds is 1. The van der Waals surface area contributed by atoms with E-state index in [2.05, 4.69) is 32.6 Å². The molecule has 2 atom stereocenters. The van der Waals surface area contributed by atoms with Crippen LogP contribution < -0.4 is 0 Å². The van der Waals surface area contributed by atoms with Crippen molar-refractivity contribution in [2.45, 2.75) is 64.3 Å². The molecular formula is C11H21NO. The van der Waals surface area contributed by atoms with Gasteiger partial charge in [0.25, 0.3) is 0 Å². The number of fused-ring (bicyclic) bond motifs is 2. The van der Waals surface area contributed by atoms with Gasteiger partial charge < -0.3 is 4.74 Å². The summed E-state index contributed by atoms with van der Waals surface area (Å²) in [4.78, 5) is 2.60. The standard InChI is InChI=1S/C11H21NO/c1-8(2)12-6-5-9-7-10(12)11(3,4)13-9/h8-10H,5-7H2,1-4H3. The van der Waals surface area contributed by atoms with E-state index >= 15 is 0 Å². The highest BCUT2D eigenvalue weighted by atomic mass is 16.5. The highest BCUT2D eigenvalue weighted by Gasteiger charge is 2.48. The lowest BCUT2D eigenvalue weighted by molar-refractivity contribution is -0.0245. The fraction of sp³-hybridized carbons (Fsp3) is 1.00. The zero-order valence-electron chi connectivity index (χ0n) is 9.21. The van der Waals surface area contributed by atoms with Crippen LogP contribution in [0.15, 0.2) is 0 Å². The van der Waals surface area contributed by atoms with Gasteiger partial charge in [0.1, 0.15) is 0 Å². The van der Waals surface area contributed by atoms with Gasteiger partial charge in [-0.3, -0.25) is 4.90 Å². The van der Waals surface area contributed by atoms with E-state index in [1.54, 1.807) is 0 Å². The Morgan fingerprint density at radius 3 is 2.69 bits per heavy atom. The Balaban J connectivity index is 2.17. The minimum atomic E-state index is 0.0748. The van der Waals surface area contributed by atoms with Gasteiger partial charge in [0, 0.05) is 18.6 Å². The highest BCUT2D eigenvalue weighted by Crippen LogP contribution is 2.39. The molecule has 0 aliphatic carbocycles. The maximum Gasteiger partial charge on any atom is 0.0785 e. The Labute approximate surface area is 81.3 Å². The lowest BCUT2D eigenvalue weighted by atomic mass is 9.91. The third-order valence-corrected chi connectivity index (χ3v) is 3.53. The fourth-order valence-corrected chi connectivity index (χ4v) is 2.87. The summed E-state index contributed by atoms with van der Waals surface area (Å²) in [7, 11) is 0.